The molecule has 7 heteroatoms. The van der Waals surface area contributed by atoms with Gasteiger partial charge in [-0.25, -0.2) is 13.0 Å². The predicted octanol–water partition coefficient (Wildman–Crippen LogP) is 4.82. The summed E-state index contributed by atoms with van der Waals surface area (Å²) in [5.74, 6) is -1.54. The normalized spacial score (nSPS) is 13.0. The van der Waals surface area contributed by atoms with Gasteiger partial charge in [0.2, 0.25) is 5.91 Å². The molecule has 2 N–H and O–H groups in total. The van der Waals surface area contributed by atoms with Crippen LogP contribution in [-0.4, -0.2) is 15.2 Å². The lowest BCUT2D eigenvalue weighted by Crippen LogP contribution is -2.28. The molecule has 0 aliphatic heterocycles. The van der Waals surface area contributed by atoms with Crippen molar-refractivity contribution in [2.75, 3.05) is 0 Å². The van der Waals surface area contributed by atoms with Gasteiger partial charge < -0.3 is 5.11 Å². The Balaban J connectivity index is 2.26. The Morgan fingerprint density at radius 2 is 1.60 bits per heavy atom. The molecule has 2 aromatic rings. The number of rotatable bonds is 7. The van der Waals surface area contributed by atoms with E-state index >= 15 is 0 Å². The molecule has 0 aromatic heterocycles. The molecule has 0 fully saturated rings. The van der Waals surface area contributed by atoms with E-state index in [9.17, 15) is 22.9 Å². The minimum atomic E-state index is -1.97. The largest absolute Gasteiger partial charge is 0.386 e. The summed E-state index contributed by atoms with van der Waals surface area (Å²) in [5.41, 5.74) is 0.889. The van der Waals surface area contributed by atoms with Gasteiger partial charge in [-0.3, -0.25) is 9.52 Å². The van der Waals surface area contributed by atoms with Crippen molar-refractivity contribution in [1.82, 2.24) is 4.72 Å². The van der Waals surface area contributed by atoms with E-state index < -0.39 is 28.3 Å². The number of amides is 1. The quantitative estimate of drug-likeness (QED) is 0.653. The monoisotopic (exact) mass is 437 g/mol. The number of aliphatic hydroxyl groups is 1. The lowest BCUT2D eigenvalue weighted by atomic mass is 9.87. The van der Waals surface area contributed by atoms with E-state index in [2.05, 4.69) is 4.72 Å². The van der Waals surface area contributed by atoms with Crippen molar-refractivity contribution in [2.24, 2.45) is 0 Å². The van der Waals surface area contributed by atoms with Crippen molar-refractivity contribution in [3.05, 3.63) is 64.2 Å². The lowest BCUT2D eigenvalue weighted by molar-refractivity contribution is -0.118. The summed E-state index contributed by atoms with van der Waals surface area (Å²) in [5, 5.41) is 9.96. The number of benzene rings is 2. The maximum atomic E-state index is 14.3. The predicted molar refractivity (Wildman–Crippen MR) is 114 cm³/mol. The molecular weight excluding hydrogens is 408 g/mol. The molecule has 4 nitrogen and oxygen atoms in total. The van der Waals surface area contributed by atoms with Crippen LogP contribution in [0, 0.1) is 11.6 Å². The lowest BCUT2D eigenvalue weighted by Gasteiger charge is -2.20. The third-order valence-electron chi connectivity index (χ3n) is 4.89. The van der Waals surface area contributed by atoms with Crippen LogP contribution in [0.15, 0.2) is 35.2 Å². The molecule has 0 radical (unpaired) electrons. The molecule has 0 heterocycles. The van der Waals surface area contributed by atoms with E-state index in [4.69, 9.17) is 0 Å². The van der Waals surface area contributed by atoms with Gasteiger partial charge >= 0.3 is 0 Å². The van der Waals surface area contributed by atoms with Gasteiger partial charge in [-0.15, -0.1) is 0 Å². The van der Waals surface area contributed by atoms with Crippen molar-refractivity contribution in [3.63, 3.8) is 0 Å². The van der Waals surface area contributed by atoms with Crippen molar-refractivity contribution in [3.8, 4) is 0 Å². The van der Waals surface area contributed by atoms with E-state index in [0.29, 0.717) is 0 Å². The number of halogens is 2. The van der Waals surface area contributed by atoms with Crippen molar-refractivity contribution in [2.45, 2.75) is 70.3 Å². The average Bonchev–Trinajstić information content (AvgIpc) is 2.61. The van der Waals surface area contributed by atoms with Crippen molar-refractivity contribution < 1.29 is 22.9 Å². The maximum absolute atomic E-state index is 14.3. The van der Waals surface area contributed by atoms with Gasteiger partial charge in [0, 0.05) is 5.56 Å². The summed E-state index contributed by atoms with van der Waals surface area (Å²) >= 11 is 0. The summed E-state index contributed by atoms with van der Waals surface area (Å²) in [7, 11) is -1.97. The van der Waals surface area contributed by atoms with Gasteiger partial charge in [0.25, 0.3) is 0 Å². The molecule has 1 atom stereocenters. The molecule has 2 aromatic carbocycles. The Labute approximate surface area is 179 Å². The highest BCUT2D eigenvalue weighted by molar-refractivity contribution is 7.83. The zero-order valence-corrected chi connectivity index (χ0v) is 19.0. The Morgan fingerprint density at radius 1 is 1.07 bits per heavy atom. The van der Waals surface area contributed by atoms with Gasteiger partial charge in [-0.05, 0) is 66.6 Å². The van der Waals surface area contributed by atoms with Crippen LogP contribution in [-0.2, 0) is 27.8 Å². The van der Waals surface area contributed by atoms with Crippen LogP contribution < -0.4 is 4.72 Å². The summed E-state index contributed by atoms with van der Waals surface area (Å²) < 4.78 is 43.2. The molecule has 0 saturated carbocycles. The zero-order valence-electron chi connectivity index (χ0n) is 18.2. The minimum absolute atomic E-state index is 0.00923. The zero-order chi connectivity index (χ0) is 22.8. The average molecular weight is 438 g/mol. The fourth-order valence-corrected chi connectivity index (χ4v) is 4.18. The smallest absolute Gasteiger partial charge is 0.236 e. The summed E-state index contributed by atoms with van der Waals surface area (Å²) in [4.78, 5) is 12.7. The van der Waals surface area contributed by atoms with Crippen molar-refractivity contribution in [1.29, 1.82) is 0 Å². The number of hydrogen-bond donors (Lipinski definition) is 2. The van der Waals surface area contributed by atoms with Crippen LogP contribution in [0.25, 0.3) is 0 Å². The van der Waals surface area contributed by atoms with Crippen LogP contribution in [0.2, 0.25) is 0 Å². The Morgan fingerprint density at radius 3 is 2.03 bits per heavy atom. The molecular formula is C23H29F2NO3S. The Bertz CT molecular complexity index is 936. The molecule has 0 aliphatic rings. The SMILES string of the molecule is CC(C)c1cc(F)cc(C(C)C)c1CC(=O)NS(=O)c1ccc(C(C)(C)O)c(F)c1. The van der Waals surface area contributed by atoms with Crippen LogP contribution >= 0.6 is 0 Å². The second-order valence-corrected chi connectivity index (χ2v) is 9.76. The first-order valence-electron chi connectivity index (χ1n) is 9.87. The highest BCUT2D eigenvalue weighted by Gasteiger charge is 2.23. The number of carbonyl (C=O) groups is 1. The standard InChI is InChI=1S/C23H29F2NO3S/c1-13(2)17-9-15(24)10-18(14(3)4)19(17)12-22(27)26-30(29)16-7-8-20(21(25)11-16)23(5,6)28/h7-11,13-14,28H,12H2,1-6H3,(H,26,27). The van der Waals surface area contributed by atoms with E-state index in [-0.39, 0.29) is 34.5 Å². The van der Waals surface area contributed by atoms with Gasteiger partial charge in [0.15, 0.2) is 11.0 Å². The fraction of sp³-hybridized carbons (Fsp3) is 0.435. The fourth-order valence-electron chi connectivity index (χ4n) is 3.38. The molecule has 0 saturated heterocycles. The van der Waals surface area contributed by atoms with Gasteiger partial charge in [0.05, 0.1) is 16.9 Å². The second kappa shape index (κ2) is 9.35. The topological polar surface area (TPSA) is 66.4 Å². The number of hydrogen-bond acceptors (Lipinski definition) is 3. The van der Waals surface area contributed by atoms with Gasteiger partial charge in [0.1, 0.15) is 11.6 Å². The van der Waals surface area contributed by atoms with Gasteiger partial charge in [-0.2, -0.15) is 0 Å². The molecule has 1 unspecified atom stereocenters. The molecule has 0 aliphatic carbocycles. The van der Waals surface area contributed by atoms with E-state index in [1.54, 1.807) is 0 Å². The van der Waals surface area contributed by atoms with Crippen molar-refractivity contribution >= 4 is 16.9 Å². The first kappa shape index (κ1) is 24.2. The first-order chi connectivity index (χ1) is 13.8. The minimum Gasteiger partial charge on any atom is -0.386 e. The van der Waals surface area contributed by atoms with Crippen LogP contribution in [0.3, 0.4) is 0 Å². The third-order valence-corrected chi connectivity index (χ3v) is 5.98. The summed E-state index contributed by atoms with van der Waals surface area (Å²) in [6.07, 6.45) is -0.0583. The summed E-state index contributed by atoms with van der Waals surface area (Å²) in [6, 6.07) is 6.66. The summed E-state index contributed by atoms with van der Waals surface area (Å²) in [6.45, 7) is 10.6. The highest BCUT2D eigenvalue weighted by atomic mass is 32.2. The third kappa shape index (κ3) is 5.73. The van der Waals surface area contributed by atoms with E-state index in [0.717, 1.165) is 22.8 Å². The molecule has 1 amide bonds. The maximum Gasteiger partial charge on any atom is 0.236 e. The molecule has 0 bridgehead atoms. The highest BCUT2D eigenvalue weighted by Crippen LogP contribution is 2.30. The van der Waals surface area contributed by atoms with Gasteiger partial charge in [-0.1, -0.05) is 33.8 Å². The van der Waals surface area contributed by atoms with Crippen LogP contribution in [0.1, 0.15) is 75.6 Å². The molecule has 0 spiro atoms. The van der Waals surface area contributed by atoms with Crippen LogP contribution in [0.5, 0.6) is 0 Å². The first-order valence-corrected chi connectivity index (χ1v) is 11.0. The Kier molecular flexibility index (Phi) is 7.53. The molecule has 30 heavy (non-hydrogen) atoms. The molecule has 164 valence electrons. The van der Waals surface area contributed by atoms with Crippen LogP contribution in [0.4, 0.5) is 8.78 Å². The van der Waals surface area contributed by atoms with E-state index in [1.807, 2.05) is 27.7 Å². The molecule has 2 rings (SSSR count). The number of nitrogens with one attached hydrogen (secondary N) is 1. The Hall–Kier alpha value is -2.12. The second-order valence-electron chi connectivity index (χ2n) is 8.54. The number of carbonyl (C=O) groups excluding carboxylic acids is 1. The van der Waals surface area contributed by atoms with E-state index in [1.165, 1.54) is 38.1 Å².